The molecule has 0 aromatic carbocycles. The van der Waals surface area contributed by atoms with Crippen molar-refractivity contribution in [2.45, 2.75) is 277 Å². The monoisotopic (exact) mass is 1040 g/mol. The van der Waals surface area contributed by atoms with E-state index in [1.54, 1.807) is 0 Å². The first kappa shape index (κ1) is 70.2. The van der Waals surface area contributed by atoms with E-state index in [1.165, 1.54) is 148 Å². The summed E-state index contributed by atoms with van der Waals surface area (Å²) in [6, 6.07) is 0. The van der Waals surface area contributed by atoms with Gasteiger partial charge in [-0.1, -0.05) is 272 Å². The molecular formula is C63H112NO8P. The molecule has 0 spiro atoms. The molecule has 2 unspecified atom stereocenters. The number of ether oxygens (including phenoxy) is 2. The van der Waals surface area contributed by atoms with Crippen LogP contribution in [0.2, 0.25) is 0 Å². The number of unbranched alkanes of at least 4 members (excludes halogenated alkanes) is 29. The van der Waals surface area contributed by atoms with Gasteiger partial charge < -0.3 is 20.1 Å². The fourth-order valence-electron chi connectivity index (χ4n) is 8.38. The first-order chi connectivity index (χ1) is 35.8. The van der Waals surface area contributed by atoms with E-state index in [4.69, 9.17) is 24.3 Å². The number of carbonyl (C=O) groups excluding carboxylic acids is 2. The summed E-state index contributed by atoms with van der Waals surface area (Å²) in [6.07, 6.45) is 76.4. The molecule has 0 amide bonds. The Morgan fingerprint density at radius 1 is 0.425 bits per heavy atom. The van der Waals surface area contributed by atoms with E-state index in [9.17, 15) is 19.0 Å². The van der Waals surface area contributed by atoms with Gasteiger partial charge in [0, 0.05) is 19.4 Å². The molecule has 0 rings (SSSR count). The number of esters is 2. The number of phosphoric acid groups is 1. The molecule has 0 heterocycles. The Hall–Kier alpha value is -2.81. The molecule has 422 valence electrons. The lowest BCUT2D eigenvalue weighted by atomic mass is 10.0. The van der Waals surface area contributed by atoms with Crippen molar-refractivity contribution in [3.8, 4) is 0 Å². The molecule has 3 N–H and O–H groups in total. The lowest BCUT2D eigenvalue weighted by Crippen LogP contribution is -2.29. The van der Waals surface area contributed by atoms with Crippen molar-refractivity contribution in [1.29, 1.82) is 0 Å². The zero-order valence-electron chi connectivity index (χ0n) is 47.1. The van der Waals surface area contributed by atoms with Gasteiger partial charge in [0.25, 0.3) is 0 Å². The maximum atomic E-state index is 12.7. The summed E-state index contributed by atoms with van der Waals surface area (Å²) in [6.45, 7) is 3.66. The third kappa shape index (κ3) is 58.3. The Labute approximate surface area is 449 Å². The van der Waals surface area contributed by atoms with Gasteiger partial charge in [0.15, 0.2) is 6.10 Å². The predicted molar refractivity (Wildman–Crippen MR) is 312 cm³/mol. The van der Waals surface area contributed by atoms with Crippen LogP contribution in [0.3, 0.4) is 0 Å². The Bertz CT molecular complexity index is 1470. The van der Waals surface area contributed by atoms with E-state index in [2.05, 4.69) is 98.9 Å². The summed E-state index contributed by atoms with van der Waals surface area (Å²) < 4.78 is 33.1. The van der Waals surface area contributed by atoms with Gasteiger partial charge in [-0.2, -0.15) is 0 Å². The van der Waals surface area contributed by atoms with Crippen LogP contribution in [-0.4, -0.2) is 49.3 Å². The minimum absolute atomic E-state index is 0.0513. The number of phosphoric ester groups is 1. The summed E-state index contributed by atoms with van der Waals surface area (Å²) in [5.41, 5.74) is 5.38. The van der Waals surface area contributed by atoms with Crippen molar-refractivity contribution < 1.29 is 37.6 Å². The van der Waals surface area contributed by atoms with Gasteiger partial charge in [-0.3, -0.25) is 18.6 Å². The molecular weight excluding hydrogens is 930 g/mol. The molecule has 0 aliphatic rings. The summed E-state index contributed by atoms with van der Waals surface area (Å²) in [7, 11) is -4.39. The first-order valence-electron chi connectivity index (χ1n) is 30.1. The van der Waals surface area contributed by atoms with Crippen molar-refractivity contribution >= 4 is 19.8 Å². The van der Waals surface area contributed by atoms with Gasteiger partial charge in [-0.05, 0) is 70.6 Å². The van der Waals surface area contributed by atoms with E-state index in [0.717, 1.165) is 89.9 Å². The van der Waals surface area contributed by atoms with Gasteiger partial charge in [-0.25, -0.2) is 4.57 Å². The van der Waals surface area contributed by atoms with Crippen LogP contribution in [-0.2, 0) is 32.7 Å². The number of hydrogen-bond acceptors (Lipinski definition) is 8. The first-order valence-corrected chi connectivity index (χ1v) is 31.6. The largest absolute Gasteiger partial charge is 0.472 e. The van der Waals surface area contributed by atoms with Crippen molar-refractivity contribution in [3.05, 3.63) is 85.1 Å². The van der Waals surface area contributed by atoms with Crippen molar-refractivity contribution in [2.75, 3.05) is 26.4 Å². The van der Waals surface area contributed by atoms with E-state index in [-0.39, 0.29) is 38.6 Å². The van der Waals surface area contributed by atoms with Gasteiger partial charge in [0.2, 0.25) is 0 Å². The van der Waals surface area contributed by atoms with E-state index in [1.807, 2.05) is 0 Å². The normalized spacial score (nSPS) is 13.6. The van der Waals surface area contributed by atoms with Crippen LogP contribution in [0.4, 0.5) is 0 Å². The molecule has 0 fully saturated rings. The summed E-state index contributed by atoms with van der Waals surface area (Å²) in [5, 5.41) is 0. The molecule has 0 aliphatic heterocycles. The third-order valence-corrected chi connectivity index (χ3v) is 13.8. The third-order valence-electron chi connectivity index (χ3n) is 12.8. The van der Waals surface area contributed by atoms with Crippen LogP contribution in [0.5, 0.6) is 0 Å². The molecule has 73 heavy (non-hydrogen) atoms. The second-order valence-corrected chi connectivity index (χ2v) is 21.3. The van der Waals surface area contributed by atoms with Crippen LogP contribution in [0.15, 0.2) is 85.1 Å². The van der Waals surface area contributed by atoms with Crippen LogP contribution < -0.4 is 5.73 Å². The number of nitrogens with two attached hydrogens (primary N) is 1. The SMILES string of the molecule is CC/C=C\C/C=C\C/C=C\C/C=C\C/C=C\C/C=C\C/C=C\CCCCCCCCCCCCCC(=O)OC(COC(=O)CCCCCCCCCCCCCCCCCCCCC)COP(=O)(O)OCCN. The molecule has 0 aromatic rings. The van der Waals surface area contributed by atoms with Crippen LogP contribution in [0.25, 0.3) is 0 Å². The lowest BCUT2D eigenvalue weighted by Gasteiger charge is -2.19. The summed E-state index contributed by atoms with van der Waals surface area (Å²) in [5.74, 6) is -0.824. The topological polar surface area (TPSA) is 134 Å². The van der Waals surface area contributed by atoms with Gasteiger partial charge >= 0.3 is 19.8 Å². The van der Waals surface area contributed by atoms with Crippen molar-refractivity contribution in [3.63, 3.8) is 0 Å². The Kier molecular flexibility index (Phi) is 56.2. The van der Waals surface area contributed by atoms with Crippen molar-refractivity contribution in [1.82, 2.24) is 0 Å². The molecule has 0 saturated heterocycles. The maximum absolute atomic E-state index is 12.7. The number of hydrogen-bond donors (Lipinski definition) is 2. The molecule has 10 heteroatoms. The van der Waals surface area contributed by atoms with E-state index in [0.29, 0.717) is 6.42 Å². The molecule has 0 saturated carbocycles. The Morgan fingerprint density at radius 3 is 1.12 bits per heavy atom. The fraction of sp³-hybridized carbons (Fsp3) is 0.746. The van der Waals surface area contributed by atoms with Crippen molar-refractivity contribution in [2.24, 2.45) is 5.73 Å². The lowest BCUT2D eigenvalue weighted by molar-refractivity contribution is -0.161. The predicted octanol–water partition coefficient (Wildman–Crippen LogP) is 19.1. The average molecular weight is 1040 g/mol. The van der Waals surface area contributed by atoms with E-state index < -0.39 is 26.5 Å². The highest BCUT2D eigenvalue weighted by Crippen LogP contribution is 2.43. The van der Waals surface area contributed by atoms with Crippen LogP contribution in [0.1, 0.15) is 271 Å². The zero-order chi connectivity index (χ0) is 53.1. The molecule has 0 aliphatic carbocycles. The second kappa shape index (κ2) is 58.5. The highest BCUT2D eigenvalue weighted by atomic mass is 31.2. The quantitative estimate of drug-likeness (QED) is 0.0264. The van der Waals surface area contributed by atoms with Crippen LogP contribution >= 0.6 is 7.82 Å². The number of carbonyl (C=O) groups is 2. The van der Waals surface area contributed by atoms with Gasteiger partial charge in [0.1, 0.15) is 6.61 Å². The van der Waals surface area contributed by atoms with Gasteiger partial charge in [-0.15, -0.1) is 0 Å². The summed E-state index contributed by atoms with van der Waals surface area (Å²) in [4.78, 5) is 35.2. The Balaban J connectivity index is 3.96. The van der Waals surface area contributed by atoms with Gasteiger partial charge in [0.05, 0.1) is 13.2 Å². The average Bonchev–Trinajstić information content (AvgIpc) is 3.38. The molecule has 0 radical (unpaired) electrons. The number of rotatable bonds is 56. The zero-order valence-corrected chi connectivity index (χ0v) is 48.0. The maximum Gasteiger partial charge on any atom is 0.472 e. The highest BCUT2D eigenvalue weighted by Gasteiger charge is 2.26. The minimum atomic E-state index is -4.39. The highest BCUT2D eigenvalue weighted by molar-refractivity contribution is 7.47. The standard InChI is InChI=1S/C63H112NO8P/c1-3-5-7-9-11-13-15-17-19-21-23-24-25-26-27-28-29-30-31-32-33-34-35-36-38-40-42-44-46-48-50-52-54-56-63(66)72-61(60-71-73(67,68)70-58-57-64)59-69-62(65)55-53-51-49-47-45-43-41-39-37-22-20-18-16-14-12-10-8-6-4-2/h5,7,11,13,17,19,23-24,26-27,29-30,32-33,61H,3-4,6,8-10,12,14-16,18,20-22,25,28,31,34-60,64H2,1-2H3,(H,67,68)/b7-5-,13-11-,19-17-,24-23-,27-26-,30-29-,33-32-. The van der Waals surface area contributed by atoms with E-state index >= 15 is 0 Å². The molecule has 0 bridgehead atoms. The second-order valence-electron chi connectivity index (χ2n) is 19.8. The molecule has 2 atom stereocenters. The Morgan fingerprint density at radius 2 is 0.753 bits per heavy atom. The smallest absolute Gasteiger partial charge is 0.462 e. The number of allylic oxidation sites excluding steroid dienone is 14. The molecule has 9 nitrogen and oxygen atoms in total. The fourth-order valence-corrected chi connectivity index (χ4v) is 9.15. The summed E-state index contributed by atoms with van der Waals surface area (Å²) >= 11 is 0. The minimum Gasteiger partial charge on any atom is -0.462 e. The van der Waals surface area contributed by atoms with Crippen LogP contribution in [0, 0.1) is 0 Å². The molecule has 0 aromatic heterocycles.